The van der Waals surface area contributed by atoms with Crippen molar-refractivity contribution in [2.75, 3.05) is 26.2 Å². The Labute approximate surface area is 120 Å². The van der Waals surface area contributed by atoms with Gasteiger partial charge in [0.15, 0.2) is 0 Å². The maximum Gasteiger partial charge on any atom is 0.126 e. The summed E-state index contributed by atoms with van der Waals surface area (Å²) in [5.74, 6) is -0.367. The highest BCUT2D eigenvalue weighted by Crippen LogP contribution is 2.28. The van der Waals surface area contributed by atoms with Crippen LogP contribution >= 0.6 is 0 Å². The standard InChI is InChI=1S/C16H24F2N2/c1-12(2)3-4-16(20-7-5-19-6-8-20)13-9-14(17)11-15(18)10-13/h9-12,16,19H,3-8H2,1-2H3/t16-/m1/s1. The molecule has 1 fully saturated rings. The average Bonchev–Trinajstić information content (AvgIpc) is 2.38. The Morgan fingerprint density at radius 1 is 1.05 bits per heavy atom. The van der Waals surface area contributed by atoms with Crippen molar-refractivity contribution < 1.29 is 8.78 Å². The number of nitrogens with zero attached hydrogens (tertiary/aromatic N) is 1. The van der Waals surface area contributed by atoms with Gasteiger partial charge in [-0.25, -0.2) is 8.78 Å². The molecule has 0 spiro atoms. The van der Waals surface area contributed by atoms with Gasteiger partial charge in [-0.3, -0.25) is 4.90 Å². The summed E-state index contributed by atoms with van der Waals surface area (Å²) in [6.07, 6.45) is 2.01. The van der Waals surface area contributed by atoms with Crippen molar-refractivity contribution in [3.8, 4) is 0 Å². The SMILES string of the molecule is CC(C)CC[C@H](c1cc(F)cc(F)c1)N1CCNCC1. The Hall–Kier alpha value is -1.00. The van der Waals surface area contributed by atoms with Crippen LogP contribution in [0.2, 0.25) is 0 Å². The molecule has 1 saturated heterocycles. The molecule has 1 atom stereocenters. The molecule has 0 aromatic heterocycles. The summed E-state index contributed by atoms with van der Waals surface area (Å²) in [7, 11) is 0. The molecule has 2 nitrogen and oxygen atoms in total. The molecule has 1 N–H and O–H groups in total. The molecule has 2 rings (SSSR count). The van der Waals surface area contributed by atoms with Crippen LogP contribution in [0.3, 0.4) is 0 Å². The zero-order valence-electron chi connectivity index (χ0n) is 12.3. The van der Waals surface area contributed by atoms with Crippen molar-refractivity contribution in [2.24, 2.45) is 5.92 Å². The molecule has 0 aliphatic carbocycles. The van der Waals surface area contributed by atoms with Crippen LogP contribution in [0.25, 0.3) is 0 Å². The van der Waals surface area contributed by atoms with Crippen LogP contribution < -0.4 is 5.32 Å². The first-order chi connectivity index (χ1) is 9.56. The largest absolute Gasteiger partial charge is 0.314 e. The summed E-state index contributed by atoms with van der Waals surface area (Å²) < 4.78 is 27.0. The molecule has 0 radical (unpaired) electrons. The minimum atomic E-state index is -0.482. The fourth-order valence-electron chi connectivity index (χ4n) is 2.81. The van der Waals surface area contributed by atoms with E-state index in [4.69, 9.17) is 0 Å². The highest BCUT2D eigenvalue weighted by Gasteiger charge is 2.23. The second kappa shape index (κ2) is 7.14. The van der Waals surface area contributed by atoms with E-state index in [1.165, 1.54) is 12.1 Å². The summed E-state index contributed by atoms with van der Waals surface area (Å²) >= 11 is 0. The van der Waals surface area contributed by atoms with E-state index >= 15 is 0 Å². The van der Waals surface area contributed by atoms with Gasteiger partial charge in [0.05, 0.1) is 0 Å². The third-order valence-electron chi connectivity index (χ3n) is 3.88. The molecule has 1 aliphatic rings. The Bertz CT molecular complexity index is 408. The van der Waals surface area contributed by atoms with Gasteiger partial charge in [-0.2, -0.15) is 0 Å². The van der Waals surface area contributed by atoms with Crippen LogP contribution in [0.1, 0.15) is 38.3 Å². The predicted molar refractivity (Wildman–Crippen MR) is 77.6 cm³/mol. The van der Waals surface area contributed by atoms with Crippen LogP contribution in [-0.4, -0.2) is 31.1 Å². The minimum absolute atomic E-state index is 0.115. The van der Waals surface area contributed by atoms with E-state index in [1.54, 1.807) is 0 Å². The maximum absolute atomic E-state index is 13.5. The smallest absolute Gasteiger partial charge is 0.126 e. The molecule has 4 heteroatoms. The van der Waals surface area contributed by atoms with Crippen molar-refractivity contribution in [3.63, 3.8) is 0 Å². The zero-order valence-corrected chi connectivity index (χ0v) is 12.3. The van der Waals surface area contributed by atoms with Crippen molar-refractivity contribution in [2.45, 2.75) is 32.7 Å². The van der Waals surface area contributed by atoms with E-state index in [1.807, 2.05) is 0 Å². The number of nitrogens with one attached hydrogen (secondary N) is 1. The Balaban J connectivity index is 2.19. The first-order valence-corrected chi connectivity index (χ1v) is 7.47. The highest BCUT2D eigenvalue weighted by atomic mass is 19.1. The second-order valence-corrected chi connectivity index (χ2v) is 5.98. The Morgan fingerprint density at radius 2 is 1.65 bits per heavy atom. The number of hydrogen-bond donors (Lipinski definition) is 1. The monoisotopic (exact) mass is 282 g/mol. The molecule has 0 bridgehead atoms. The van der Waals surface area contributed by atoms with E-state index in [9.17, 15) is 8.78 Å². The maximum atomic E-state index is 13.5. The van der Waals surface area contributed by atoms with Crippen LogP contribution in [0.15, 0.2) is 18.2 Å². The van der Waals surface area contributed by atoms with Crippen molar-refractivity contribution in [3.05, 3.63) is 35.4 Å². The third-order valence-corrected chi connectivity index (χ3v) is 3.88. The minimum Gasteiger partial charge on any atom is -0.314 e. The van der Waals surface area contributed by atoms with E-state index < -0.39 is 11.6 Å². The van der Waals surface area contributed by atoms with Gasteiger partial charge >= 0.3 is 0 Å². The van der Waals surface area contributed by atoms with Gasteiger partial charge in [0.25, 0.3) is 0 Å². The molecule has 1 aliphatic heterocycles. The Morgan fingerprint density at radius 3 is 2.20 bits per heavy atom. The topological polar surface area (TPSA) is 15.3 Å². The molecule has 112 valence electrons. The van der Waals surface area contributed by atoms with E-state index in [-0.39, 0.29) is 6.04 Å². The lowest BCUT2D eigenvalue weighted by atomic mass is 9.95. The summed E-state index contributed by atoms with van der Waals surface area (Å²) in [5, 5.41) is 3.32. The second-order valence-electron chi connectivity index (χ2n) is 5.98. The van der Waals surface area contributed by atoms with Crippen LogP contribution in [0.4, 0.5) is 8.78 Å². The summed E-state index contributed by atoms with van der Waals surface area (Å²) in [6.45, 7) is 8.11. The van der Waals surface area contributed by atoms with Gasteiger partial charge in [0, 0.05) is 38.3 Å². The number of halogens is 2. The van der Waals surface area contributed by atoms with Crippen molar-refractivity contribution >= 4 is 0 Å². The molecule has 1 aromatic carbocycles. The molecule has 20 heavy (non-hydrogen) atoms. The van der Waals surface area contributed by atoms with Crippen LogP contribution in [-0.2, 0) is 0 Å². The van der Waals surface area contributed by atoms with Gasteiger partial charge in [-0.15, -0.1) is 0 Å². The molecular formula is C16H24F2N2. The zero-order chi connectivity index (χ0) is 14.5. The first kappa shape index (κ1) is 15.4. The van der Waals surface area contributed by atoms with Gasteiger partial charge in [-0.05, 0) is 36.5 Å². The predicted octanol–water partition coefficient (Wildman–Crippen LogP) is 3.35. The van der Waals surface area contributed by atoms with E-state index in [0.717, 1.165) is 50.7 Å². The third kappa shape index (κ3) is 4.25. The Kier molecular flexibility index (Phi) is 5.49. The molecule has 1 aromatic rings. The average molecular weight is 282 g/mol. The molecule has 0 amide bonds. The quantitative estimate of drug-likeness (QED) is 0.891. The van der Waals surface area contributed by atoms with Gasteiger partial charge < -0.3 is 5.32 Å². The summed E-state index contributed by atoms with van der Waals surface area (Å²) in [6, 6.07) is 4.03. The number of hydrogen-bond acceptors (Lipinski definition) is 2. The number of rotatable bonds is 5. The molecule has 1 heterocycles. The fourth-order valence-corrected chi connectivity index (χ4v) is 2.81. The molecular weight excluding hydrogens is 258 g/mol. The normalized spacial score (nSPS) is 18.4. The van der Waals surface area contributed by atoms with E-state index in [2.05, 4.69) is 24.1 Å². The summed E-state index contributed by atoms with van der Waals surface area (Å²) in [4.78, 5) is 2.34. The first-order valence-electron chi connectivity index (χ1n) is 7.47. The van der Waals surface area contributed by atoms with Gasteiger partial charge in [0.2, 0.25) is 0 Å². The van der Waals surface area contributed by atoms with Crippen LogP contribution in [0.5, 0.6) is 0 Å². The highest BCUT2D eigenvalue weighted by molar-refractivity contribution is 5.22. The van der Waals surface area contributed by atoms with Gasteiger partial charge in [-0.1, -0.05) is 13.8 Å². The van der Waals surface area contributed by atoms with Gasteiger partial charge in [0.1, 0.15) is 11.6 Å². The van der Waals surface area contributed by atoms with Crippen molar-refractivity contribution in [1.29, 1.82) is 0 Å². The van der Waals surface area contributed by atoms with Crippen LogP contribution in [0, 0.1) is 17.6 Å². The lowest BCUT2D eigenvalue weighted by molar-refractivity contribution is 0.159. The van der Waals surface area contributed by atoms with E-state index in [0.29, 0.717) is 5.92 Å². The number of piperazine rings is 1. The summed E-state index contributed by atoms with van der Waals surface area (Å²) in [5.41, 5.74) is 0.769. The lowest BCUT2D eigenvalue weighted by Gasteiger charge is -2.35. The fraction of sp³-hybridized carbons (Fsp3) is 0.625. The number of benzene rings is 1. The lowest BCUT2D eigenvalue weighted by Crippen LogP contribution is -2.45. The molecule has 0 saturated carbocycles. The molecule has 0 unspecified atom stereocenters. The van der Waals surface area contributed by atoms with Crippen molar-refractivity contribution in [1.82, 2.24) is 10.2 Å².